The first-order valence-electron chi connectivity index (χ1n) is 4.99. The highest BCUT2D eigenvalue weighted by atomic mass is 19.1. The van der Waals surface area contributed by atoms with Crippen LogP contribution in [0.25, 0.3) is 0 Å². The van der Waals surface area contributed by atoms with Crippen molar-refractivity contribution in [2.24, 2.45) is 0 Å². The summed E-state index contributed by atoms with van der Waals surface area (Å²) in [6.45, 7) is 3.08. The van der Waals surface area contributed by atoms with E-state index in [4.69, 9.17) is 4.74 Å². The lowest BCUT2D eigenvalue weighted by Crippen LogP contribution is -2.35. The molecule has 15 heavy (non-hydrogen) atoms. The highest BCUT2D eigenvalue weighted by Gasteiger charge is 2.26. The van der Waals surface area contributed by atoms with E-state index in [2.05, 4.69) is 0 Å². The molecule has 0 amide bonds. The van der Waals surface area contributed by atoms with E-state index in [-0.39, 0.29) is 6.61 Å². The standard InChI is InChI=1S/C12H17FO2/c1-12(2,13)11(14)9-15-8-10-6-4-3-5-7-10/h3-7,11,14H,8-9H2,1-2H3. The van der Waals surface area contributed by atoms with E-state index in [1.54, 1.807) is 0 Å². The van der Waals surface area contributed by atoms with Gasteiger partial charge < -0.3 is 9.84 Å². The second-order valence-electron chi connectivity index (χ2n) is 4.08. The van der Waals surface area contributed by atoms with Crippen molar-refractivity contribution >= 4 is 0 Å². The fourth-order valence-corrected chi connectivity index (χ4v) is 1.06. The molecule has 0 fully saturated rings. The van der Waals surface area contributed by atoms with Crippen LogP contribution >= 0.6 is 0 Å². The number of halogens is 1. The summed E-state index contributed by atoms with van der Waals surface area (Å²) in [5, 5.41) is 9.36. The van der Waals surface area contributed by atoms with Crippen LogP contribution in [0, 0.1) is 0 Å². The highest BCUT2D eigenvalue weighted by molar-refractivity contribution is 5.13. The predicted molar refractivity (Wildman–Crippen MR) is 57.3 cm³/mol. The average molecular weight is 212 g/mol. The number of hydrogen-bond donors (Lipinski definition) is 1. The Morgan fingerprint density at radius 2 is 1.93 bits per heavy atom. The van der Waals surface area contributed by atoms with Crippen LogP contribution < -0.4 is 0 Å². The molecule has 0 aliphatic rings. The lowest BCUT2D eigenvalue weighted by atomic mass is 10.1. The van der Waals surface area contributed by atoms with Crippen LogP contribution in [-0.4, -0.2) is 23.5 Å². The Hall–Kier alpha value is -0.930. The minimum atomic E-state index is -1.61. The molecule has 1 aromatic rings. The quantitative estimate of drug-likeness (QED) is 0.811. The zero-order valence-corrected chi connectivity index (χ0v) is 9.11. The topological polar surface area (TPSA) is 29.5 Å². The third-order valence-electron chi connectivity index (χ3n) is 2.18. The van der Waals surface area contributed by atoms with Crippen molar-refractivity contribution in [3.05, 3.63) is 35.9 Å². The molecule has 1 aromatic carbocycles. The smallest absolute Gasteiger partial charge is 0.133 e. The molecular weight excluding hydrogens is 195 g/mol. The molecule has 1 N–H and O–H groups in total. The monoisotopic (exact) mass is 212 g/mol. The fourth-order valence-electron chi connectivity index (χ4n) is 1.06. The third-order valence-corrected chi connectivity index (χ3v) is 2.18. The minimum Gasteiger partial charge on any atom is -0.387 e. The first-order valence-corrected chi connectivity index (χ1v) is 4.99. The van der Waals surface area contributed by atoms with Crippen LogP contribution in [0.2, 0.25) is 0 Å². The van der Waals surface area contributed by atoms with E-state index < -0.39 is 11.8 Å². The Morgan fingerprint density at radius 1 is 1.33 bits per heavy atom. The van der Waals surface area contributed by atoms with Crippen molar-refractivity contribution in [3.63, 3.8) is 0 Å². The maximum Gasteiger partial charge on any atom is 0.133 e. The Bertz CT molecular complexity index is 279. The summed E-state index contributed by atoms with van der Waals surface area (Å²) >= 11 is 0. The van der Waals surface area contributed by atoms with Gasteiger partial charge in [-0.05, 0) is 19.4 Å². The largest absolute Gasteiger partial charge is 0.387 e. The minimum absolute atomic E-state index is 0.0123. The Balaban J connectivity index is 2.28. The molecule has 1 rings (SSSR count). The lowest BCUT2D eigenvalue weighted by Gasteiger charge is -2.21. The maximum atomic E-state index is 13.2. The zero-order chi connectivity index (χ0) is 11.3. The van der Waals surface area contributed by atoms with Crippen molar-refractivity contribution < 1.29 is 14.2 Å². The van der Waals surface area contributed by atoms with E-state index >= 15 is 0 Å². The Labute approximate surface area is 89.7 Å². The van der Waals surface area contributed by atoms with Crippen LogP contribution in [-0.2, 0) is 11.3 Å². The normalized spacial score (nSPS) is 13.9. The molecule has 1 unspecified atom stereocenters. The molecule has 1 atom stereocenters. The molecule has 0 radical (unpaired) electrons. The lowest BCUT2D eigenvalue weighted by molar-refractivity contribution is -0.0475. The molecule has 0 saturated heterocycles. The van der Waals surface area contributed by atoms with E-state index in [1.807, 2.05) is 30.3 Å². The summed E-state index contributed by atoms with van der Waals surface area (Å²) in [5.74, 6) is 0. The molecule has 0 heterocycles. The molecule has 0 aromatic heterocycles. The second kappa shape index (κ2) is 5.24. The van der Waals surface area contributed by atoms with Crippen LogP contribution in [0.3, 0.4) is 0 Å². The first kappa shape index (κ1) is 12.1. The maximum absolute atomic E-state index is 13.2. The molecule has 0 aliphatic heterocycles. The van der Waals surface area contributed by atoms with Crippen molar-refractivity contribution in [1.82, 2.24) is 0 Å². The summed E-state index contributed by atoms with van der Waals surface area (Å²) in [4.78, 5) is 0. The van der Waals surface area contributed by atoms with Gasteiger partial charge >= 0.3 is 0 Å². The number of rotatable bonds is 5. The molecule has 0 saturated carbocycles. The van der Waals surface area contributed by atoms with Crippen molar-refractivity contribution in [2.75, 3.05) is 6.61 Å². The average Bonchev–Trinajstić information content (AvgIpc) is 2.18. The van der Waals surface area contributed by atoms with Crippen molar-refractivity contribution in [3.8, 4) is 0 Å². The molecule has 84 valence electrons. The van der Waals surface area contributed by atoms with E-state index in [9.17, 15) is 9.50 Å². The fraction of sp³-hybridized carbons (Fsp3) is 0.500. The zero-order valence-electron chi connectivity index (χ0n) is 9.11. The summed E-state index contributed by atoms with van der Waals surface area (Å²) in [6, 6.07) is 9.59. The number of benzene rings is 1. The van der Waals surface area contributed by atoms with Crippen LogP contribution in [0.5, 0.6) is 0 Å². The summed E-state index contributed by atoms with van der Waals surface area (Å²) in [6.07, 6.45) is -1.08. The van der Waals surface area contributed by atoms with Gasteiger partial charge in [-0.25, -0.2) is 4.39 Å². The predicted octanol–water partition coefficient (Wildman–Crippen LogP) is 2.31. The summed E-state index contributed by atoms with van der Waals surface area (Å²) in [5.41, 5.74) is -0.599. The first-order chi connectivity index (χ1) is 7.00. The number of hydrogen-bond acceptors (Lipinski definition) is 2. The van der Waals surface area contributed by atoms with Gasteiger partial charge in [0.1, 0.15) is 11.8 Å². The van der Waals surface area contributed by atoms with Crippen LogP contribution in [0.4, 0.5) is 4.39 Å². The SMILES string of the molecule is CC(C)(F)C(O)COCc1ccccc1. The molecule has 0 spiro atoms. The summed E-state index contributed by atoms with van der Waals surface area (Å²) in [7, 11) is 0. The van der Waals surface area contributed by atoms with Gasteiger partial charge in [0.25, 0.3) is 0 Å². The van der Waals surface area contributed by atoms with Crippen LogP contribution in [0.1, 0.15) is 19.4 Å². The Morgan fingerprint density at radius 3 is 2.47 bits per heavy atom. The molecule has 0 aliphatic carbocycles. The highest BCUT2D eigenvalue weighted by Crippen LogP contribution is 2.14. The van der Waals surface area contributed by atoms with E-state index in [1.165, 1.54) is 13.8 Å². The third kappa shape index (κ3) is 4.40. The Kier molecular flexibility index (Phi) is 4.24. The molecule has 3 heteroatoms. The van der Waals surface area contributed by atoms with Gasteiger partial charge in [0.2, 0.25) is 0 Å². The summed E-state index contributed by atoms with van der Waals surface area (Å²) < 4.78 is 18.4. The van der Waals surface area contributed by atoms with Gasteiger partial charge in [-0.1, -0.05) is 30.3 Å². The molecule has 0 bridgehead atoms. The second-order valence-corrected chi connectivity index (χ2v) is 4.08. The number of aliphatic hydroxyl groups is 1. The van der Waals surface area contributed by atoms with Crippen molar-refractivity contribution in [2.45, 2.75) is 32.2 Å². The van der Waals surface area contributed by atoms with E-state index in [0.29, 0.717) is 6.61 Å². The number of alkyl halides is 1. The van der Waals surface area contributed by atoms with Gasteiger partial charge in [0, 0.05) is 0 Å². The van der Waals surface area contributed by atoms with E-state index in [0.717, 1.165) is 5.56 Å². The van der Waals surface area contributed by atoms with Gasteiger partial charge in [-0.15, -0.1) is 0 Å². The van der Waals surface area contributed by atoms with Gasteiger partial charge in [0.15, 0.2) is 0 Å². The number of ether oxygens (including phenoxy) is 1. The number of aliphatic hydroxyl groups excluding tert-OH is 1. The van der Waals surface area contributed by atoms with Gasteiger partial charge in [-0.2, -0.15) is 0 Å². The van der Waals surface area contributed by atoms with Gasteiger partial charge in [0.05, 0.1) is 13.2 Å². The molecular formula is C12H17FO2. The van der Waals surface area contributed by atoms with Crippen molar-refractivity contribution in [1.29, 1.82) is 0 Å². The van der Waals surface area contributed by atoms with Gasteiger partial charge in [-0.3, -0.25) is 0 Å². The molecule has 2 nitrogen and oxygen atoms in total. The van der Waals surface area contributed by atoms with Crippen LogP contribution in [0.15, 0.2) is 30.3 Å².